The zero-order valence-corrected chi connectivity index (χ0v) is 19.8. The summed E-state index contributed by atoms with van der Waals surface area (Å²) in [5, 5.41) is 19.9. The highest BCUT2D eigenvalue weighted by Gasteiger charge is 2.32. The summed E-state index contributed by atoms with van der Waals surface area (Å²) < 4.78 is 5.85. The molecule has 3 aromatic rings. The van der Waals surface area contributed by atoms with Gasteiger partial charge in [0.15, 0.2) is 0 Å². The van der Waals surface area contributed by atoms with Crippen LogP contribution in [0.3, 0.4) is 0 Å². The molecule has 0 radical (unpaired) electrons. The molecule has 0 spiro atoms. The molecule has 0 aliphatic carbocycles. The Kier molecular flexibility index (Phi) is 6.58. The van der Waals surface area contributed by atoms with E-state index in [1.165, 1.54) is 11.1 Å². The molecule has 7 heteroatoms. The van der Waals surface area contributed by atoms with Crippen LogP contribution in [0.15, 0.2) is 36.4 Å². The van der Waals surface area contributed by atoms with Crippen molar-refractivity contribution < 1.29 is 14.6 Å². The number of nitrogens with zero attached hydrogens (tertiary/aromatic N) is 3. The molecule has 1 aliphatic heterocycles. The second kappa shape index (κ2) is 9.38. The highest BCUT2D eigenvalue weighted by atomic mass is 32.1. The van der Waals surface area contributed by atoms with E-state index in [-0.39, 0.29) is 12.0 Å². The fourth-order valence-electron chi connectivity index (χ4n) is 4.11. The van der Waals surface area contributed by atoms with Crippen molar-refractivity contribution in [3.63, 3.8) is 0 Å². The van der Waals surface area contributed by atoms with Gasteiger partial charge in [-0.25, -0.2) is 0 Å². The molecule has 1 saturated heterocycles. The maximum atomic E-state index is 11.1. The summed E-state index contributed by atoms with van der Waals surface area (Å²) in [4.78, 5) is 13.3. The van der Waals surface area contributed by atoms with E-state index in [1.54, 1.807) is 11.3 Å². The molecular formula is C25H29N3O3S. The lowest BCUT2D eigenvalue weighted by Crippen LogP contribution is -2.49. The number of ether oxygens (including phenoxy) is 1. The van der Waals surface area contributed by atoms with Gasteiger partial charge in [0.05, 0.1) is 12.0 Å². The quantitative estimate of drug-likeness (QED) is 0.517. The van der Waals surface area contributed by atoms with Crippen molar-refractivity contribution in [3.05, 3.63) is 53.1 Å². The van der Waals surface area contributed by atoms with Gasteiger partial charge < -0.3 is 9.84 Å². The minimum Gasteiger partial charge on any atom is -0.491 e. The number of hydrogen-bond acceptors (Lipinski definition) is 6. The number of carboxylic acids is 1. The highest BCUT2D eigenvalue weighted by Crippen LogP contribution is 2.35. The SMILES string of the molecule is CCc1c(CN2CC(C(=O)O)C2)cccc1-c1nnc(-c2ccc(OC(C)C)c(C)c2)s1. The van der Waals surface area contributed by atoms with Crippen molar-refractivity contribution >= 4 is 17.3 Å². The van der Waals surface area contributed by atoms with Crippen LogP contribution < -0.4 is 4.74 Å². The van der Waals surface area contributed by atoms with Crippen LogP contribution in [0.25, 0.3) is 21.1 Å². The fourth-order valence-corrected chi connectivity index (χ4v) is 5.01. The van der Waals surface area contributed by atoms with Crippen LogP contribution in [-0.4, -0.2) is 45.4 Å². The molecule has 2 heterocycles. The monoisotopic (exact) mass is 451 g/mol. The number of carbonyl (C=O) groups is 1. The molecule has 168 valence electrons. The Morgan fingerprint density at radius 2 is 1.97 bits per heavy atom. The standard InChI is InChI=1S/C25H29N3O3S/c1-5-20-18(12-28-13-19(14-28)25(29)30)7-6-8-21(20)24-27-26-23(32-24)17-9-10-22(16(4)11-17)31-15(2)3/h6-11,15,19H,5,12-14H2,1-4H3,(H,29,30). The van der Waals surface area contributed by atoms with Gasteiger partial charge in [0.25, 0.3) is 0 Å². The van der Waals surface area contributed by atoms with Gasteiger partial charge in [0.2, 0.25) is 0 Å². The first-order valence-electron chi connectivity index (χ1n) is 11.0. The van der Waals surface area contributed by atoms with E-state index in [2.05, 4.69) is 46.3 Å². The topological polar surface area (TPSA) is 75.6 Å². The summed E-state index contributed by atoms with van der Waals surface area (Å²) in [5.74, 6) is -0.0495. The number of likely N-dealkylation sites (tertiary alicyclic amines) is 1. The lowest BCUT2D eigenvalue weighted by Gasteiger charge is -2.37. The summed E-state index contributed by atoms with van der Waals surface area (Å²) in [6, 6.07) is 12.4. The van der Waals surface area contributed by atoms with Crippen molar-refractivity contribution in [1.29, 1.82) is 0 Å². The second-order valence-corrected chi connectivity index (χ2v) is 9.56. The smallest absolute Gasteiger partial charge is 0.309 e. The van der Waals surface area contributed by atoms with Gasteiger partial charge in [-0.05, 0) is 62.1 Å². The Morgan fingerprint density at radius 3 is 2.62 bits per heavy atom. The predicted molar refractivity (Wildman–Crippen MR) is 127 cm³/mol. The number of aliphatic carboxylic acids is 1. The first kappa shape index (κ1) is 22.4. The molecule has 1 N–H and O–H groups in total. The third kappa shape index (κ3) is 4.69. The van der Waals surface area contributed by atoms with Gasteiger partial charge in [-0.15, -0.1) is 10.2 Å². The minimum atomic E-state index is -0.703. The van der Waals surface area contributed by atoms with Crippen molar-refractivity contribution in [2.45, 2.75) is 46.8 Å². The van der Waals surface area contributed by atoms with Crippen LogP contribution in [0.5, 0.6) is 5.75 Å². The van der Waals surface area contributed by atoms with E-state index in [4.69, 9.17) is 9.84 Å². The number of rotatable bonds is 8. The van der Waals surface area contributed by atoms with Crippen LogP contribution in [0, 0.1) is 12.8 Å². The molecule has 0 saturated carbocycles. The molecule has 4 rings (SSSR count). The van der Waals surface area contributed by atoms with Gasteiger partial charge in [-0.3, -0.25) is 9.69 Å². The number of aromatic nitrogens is 2. The largest absolute Gasteiger partial charge is 0.491 e. The Bertz CT molecular complexity index is 1120. The van der Waals surface area contributed by atoms with Crippen LogP contribution in [-0.2, 0) is 17.8 Å². The Balaban J connectivity index is 1.56. The van der Waals surface area contributed by atoms with Crippen molar-refractivity contribution in [2.24, 2.45) is 5.92 Å². The number of benzene rings is 2. The molecule has 0 unspecified atom stereocenters. The number of carboxylic acid groups (broad SMARTS) is 1. The zero-order valence-electron chi connectivity index (χ0n) is 19.0. The number of aryl methyl sites for hydroxylation is 1. The fraction of sp³-hybridized carbons (Fsp3) is 0.400. The Labute approximate surface area is 192 Å². The summed E-state index contributed by atoms with van der Waals surface area (Å²) in [6.07, 6.45) is 1.02. The van der Waals surface area contributed by atoms with Gasteiger partial charge in [0, 0.05) is 30.8 Å². The lowest BCUT2D eigenvalue weighted by atomic mass is 9.95. The third-order valence-corrected chi connectivity index (χ3v) is 6.77. The van der Waals surface area contributed by atoms with Gasteiger partial charge in [0.1, 0.15) is 15.8 Å². The van der Waals surface area contributed by atoms with Crippen LogP contribution in [0.1, 0.15) is 37.5 Å². The zero-order chi connectivity index (χ0) is 22.8. The highest BCUT2D eigenvalue weighted by molar-refractivity contribution is 7.17. The van der Waals surface area contributed by atoms with Crippen LogP contribution >= 0.6 is 11.3 Å². The van der Waals surface area contributed by atoms with Gasteiger partial charge >= 0.3 is 5.97 Å². The van der Waals surface area contributed by atoms with Crippen LogP contribution in [0.2, 0.25) is 0 Å². The molecule has 0 atom stereocenters. The first-order valence-corrected chi connectivity index (χ1v) is 11.8. The normalized spacial score (nSPS) is 14.5. The van der Waals surface area contributed by atoms with Crippen molar-refractivity contribution in [3.8, 4) is 26.9 Å². The maximum absolute atomic E-state index is 11.1. The average Bonchev–Trinajstić information content (AvgIpc) is 3.21. The molecule has 1 aromatic heterocycles. The summed E-state index contributed by atoms with van der Waals surface area (Å²) in [6.45, 7) is 10.2. The third-order valence-electron chi connectivity index (χ3n) is 5.77. The van der Waals surface area contributed by atoms with Crippen molar-refractivity contribution in [1.82, 2.24) is 15.1 Å². The van der Waals surface area contributed by atoms with Gasteiger partial charge in [-0.1, -0.05) is 36.5 Å². The Morgan fingerprint density at radius 1 is 1.22 bits per heavy atom. The molecule has 1 aliphatic rings. The van der Waals surface area contributed by atoms with Crippen molar-refractivity contribution in [2.75, 3.05) is 13.1 Å². The average molecular weight is 452 g/mol. The maximum Gasteiger partial charge on any atom is 0.309 e. The summed E-state index contributed by atoms with van der Waals surface area (Å²) >= 11 is 1.59. The first-order chi connectivity index (χ1) is 15.4. The molecule has 32 heavy (non-hydrogen) atoms. The summed E-state index contributed by atoms with van der Waals surface area (Å²) in [7, 11) is 0. The van der Waals surface area contributed by atoms with E-state index in [1.807, 2.05) is 32.9 Å². The van der Waals surface area contributed by atoms with E-state index in [0.717, 1.165) is 45.4 Å². The lowest BCUT2D eigenvalue weighted by molar-refractivity contribution is -0.147. The molecule has 2 aromatic carbocycles. The van der Waals surface area contributed by atoms with E-state index in [0.29, 0.717) is 13.1 Å². The van der Waals surface area contributed by atoms with Crippen LogP contribution in [0.4, 0.5) is 0 Å². The molecule has 0 amide bonds. The second-order valence-electron chi connectivity index (χ2n) is 8.59. The van der Waals surface area contributed by atoms with E-state index < -0.39 is 5.97 Å². The van der Waals surface area contributed by atoms with Gasteiger partial charge in [-0.2, -0.15) is 0 Å². The molecular weight excluding hydrogens is 422 g/mol. The molecule has 0 bridgehead atoms. The summed E-state index contributed by atoms with van der Waals surface area (Å²) in [5.41, 5.74) is 5.72. The Hall–Kier alpha value is -2.77. The van der Waals surface area contributed by atoms with E-state index >= 15 is 0 Å². The molecule has 1 fully saturated rings. The number of hydrogen-bond donors (Lipinski definition) is 1. The van der Waals surface area contributed by atoms with E-state index in [9.17, 15) is 4.79 Å². The predicted octanol–water partition coefficient (Wildman–Crippen LogP) is 5.05. The molecule has 6 nitrogen and oxygen atoms in total. The minimum absolute atomic E-state index is 0.138.